The Labute approximate surface area is 51.5 Å². The van der Waals surface area contributed by atoms with E-state index in [9.17, 15) is 8.78 Å². The van der Waals surface area contributed by atoms with Gasteiger partial charge in [-0.25, -0.2) is 8.78 Å². The molecule has 1 rings (SSSR count). The normalized spacial score (nSPS) is 35.9. The maximum atomic E-state index is 12.5. The molecule has 0 heterocycles. The van der Waals surface area contributed by atoms with E-state index in [1.165, 1.54) is 0 Å². The predicted molar refractivity (Wildman–Crippen MR) is 29.6 cm³/mol. The Kier molecular flexibility index (Phi) is 1.20. The van der Waals surface area contributed by atoms with E-state index in [4.69, 9.17) is 11.5 Å². The minimum Gasteiger partial charge on any atom is -0.400 e. The Morgan fingerprint density at radius 1 is 1.56 bits per heavy atom. The molecule has 0 radical (unpaired) electrons. The fourth-order valence-electron chi connectivity index (χ4n) is 0.803. The summed E-state index contributed by atoms with van der Waals surface area (Å²) in [5, 5.41) is 0. The third kappa shape index (κ3) is 0.896. The van der Waals surface area contributed by atoms with Crippen molar-refractivity contribution in [3.8, 4) is 0 Å². The van der Waals surface area contributed by atoms with E-state index in [-0.39, 0.29) is 18.5 Å². The lowest BCUT2D eigenvalue weighted by Crippen LogP contribution is -2.32. The van der Waals surface area contributed by atoms with Crippen LogP contribution in [0.25, 0.3) is 0 Å². The summed E-state index contributed by atoms with van der Waals surface area (Å²) in [6.07, 6.45) is 0.184. The first kappa shape index (κ1) is 6.48. The highest BCUT2D eigenvalue weighted by atomic mass is 19.2. The molecule has 4 N–H and O–H groups in total. The standard InChI is InChI=1S/C5H8F2N2/c6-4-3(8)1-2-5(4,7)9/h1-2,8-9H2. The summed E-state index contributed by atoms with van der Waals surface area (Å²) < 4.78 is 24.9. The second kappa shape index (κ2) is 1.67. The molecule has 9 heavy (non-hydrogen) atoms. The van der Waals surface area contributed by atoms with Crippen LogP contribution < -0.4 is 11.5 Å². The average molecular weight is 134 g/mol. The molecule has 0 aromatic carbocycles. The van der Waals surface area contributed by atoms with Crippen molar-refractivity contribution in [1.82, 2.24) is 0 Å². The summed E-state index contributed by atoms with van der Waals surface area (Å²) in [5.74, 6) is -3.29. The highest BCUT2D eigenvalue weighted by Crippen LogP contribution is 2.32. The highest BCUT2D eigenvalue weighted by Gasteiger charge is 2.37. The van der Waals surface area contributed by atoms with Gasteiger partial charge in [-0.3, -0.25) is 5.73 Å². The lowest BCUT2D eigenvalue weighted by Gasteiger charge is -2.09. The van der Waals surface area contributed by atoms with Gasteiger partial charge in [0.05, 0.1) is 0 Å². The van der Waals surface area contributed by atoms with Crippen molar-refractivity contribution < 1.29 is 8.78 Å². The lowest BCUT2D eigenvalue weighted by atomic mass is 10.2. The van der Waals surface area contributed by atoms with Gasteiger partial charge in [-0.05, 0) is 6.42 Å². The van der Waals surface area contributed by atoms with E-state index in [0.717, 1.165) is 0 Å². The SMILES string of the molecule is NC1=C(F)C(N)(F)CC1. The van der Waals surface area contributed by atoms with Gasteiger partial charge in [0.1, 0.15) is 0 Å². The number of allylic oxidation sites excluding steroid dienone is 1. The van der Waals surface area contributed by atoms with Crippen LogP contribution in [-0.4, -0.2) is 5.79 Å². The smallest absolute Gasteiger partial charge is 0.213 e. The molecule has 52 valence electrons. The molecule has 0 aromatic rings. The van der Waals surface area contributed by atoms with Crippen molar-refractivity contribution in [1.29, 1.82) is 0 Å². The van der Waals surface area contributed by atoms with Crippen molar-refractivity contribution in [3.63, 3.8) is 0 Å². The monoisotopic (exact) mass is 134 g/mol. The average Bonchev–Trinajstić information content (AvgIpc) is 1.97. The van der Waals surface area contributed by atoms with Gasteiger partial charge in [0, 0.05) is 12.1 Å². The predicted octanol–water partition coefficient (Wildman–Crippen LogP) is 0.545. The van der Waals surface area contributed by atoms with Crippen LogP contribution in [0.4, 0.5) is 8.78 Å². The van der Waals surface area contributed by atoms with Gasteiger partial charge < -0.3 is 5.73 Å². The highest BCUT2D eigenvalue weighted by molar-refractivity contribution is 5.20. The van der Waals surface area contributed by atoms with E-state index in [2.05, 4.69) is 0 Å². The Hall–Kier alpha value is -0.640. The van der Waals surface area contributed by atoms with Crippen LogP contribution in [0.3, 0.4) is 0 Å². The molecule has 0 aliphatic heterocycles. The minimum atomic E-state index is -2.29. The van der Waals surface area contributed by atoms with Crippen LogP contribution in [-0.2, 0) is 0 Å². The fraction of sp³-hybridized carbons (Fsp3) is 0.600. The maximum absolute atomic E-state index is 12.5. The van der Waals surface area contributed by atoms with E-state index in [1.54, 1.807) is 0 Å². The topological polar surface area (TPSA) is 52.0 Å². The van der Waals surface area contributed by atoms with Crippen LogP contribution in [0.15, 0.2) is 11.5 Å². The second-order valence-electron chi connectivity index (χ2n) is 2.20. The van der Waals surface area contributed by atoms with Gasteiger partial charge in [-0.15, -0.1) is 0 Å². The van der Waals surface area contributed by atoms with Crippen molar-refractivity contribution in [2.24, 2.45) is 11.5 Å². The summed E-state index contributed by atoms with van der Waals surface area (Å²) in [4.78, 5) is 0. The van der Waals surface area contributed by atoms with Crippen LogP contribution >= 0.6 is 0 Å². The van der Waals surface area contributed by atoms with Crippen LogP contribution in [0.2, 0.25) is 0 Å². The zero-order valence-electron chi connectivity index (χ0n) is 4.82. The first-order valence-corrected chi connectivity index (χ1v) is 2.66. The molecule has 0 spiro atoms. The van der Waals surface area contributed by atoms with Crippen LogP contribution in [0.5, 0.6) is 0 Å². The van der Waals surface area contributed by atoms with Gasteiger partial charge in [0.2, 0.25) is 5.79 Å². The summed E-state index contributed by atoms with van der Waals surface area (Å²) in [7, 11) is 0. The van der Waals surface area contributed by atoms with Gasteiger partial charge in [-0.1, -0.05) is 0 Å². The third-order valence-corrected chi connectivity index (χ3v) is 1.40. The Bertz CT molecular complexity index is 162. The lowest BCUT2D eigenvalue weighted by molar-refractivity contribution is 0.187. The molecule has 1 aliphatic carbocycles. The van der Waals surface area contributed by atoms with E-state index in [0.29, 0.717) is 0 Å². The number of nitrogens with two attached hydrogens (primary N) is 2. The summed E-state index contributed by atoms with van der Waals surface area (Å²) in [6.45, 7) is 0. The molecule has 0 saturated heterocycles. The van der Waals surface area contributed by atoms with Gasteiger partial charge in [-0.2, -0.15) is 0 Å². The van der Waals surface area contributed by atoms with E-state index >= 15 is 0 Å². The summed E-state index contributed by atoms with van der Waals surface area (Å²) >= 11 is 0. The summed E-state index contributed by atoms with van der Waals surface area (Å²) in [5.41, 5.74) is 9.82. The number of hydrogen-bond donors (Lipinski definition) is 2. The number of halogens is 2. The van der Waals surface area contributed by atoms with Crippen molar-refractivity contribution in [2.45, 2.75) is 18.6 Å². The van der Waals surface area contributed by atoms with Gasteiger partial charge in [0.15, 0.2) is 5.83 Å². The summed E-state index contributed by atoms with van der Waals surface area (Å²) in [6, 6.07) is 0. The largest absolute Gasteiger partial charge is 0.400 e. The quantitative estimate of drug-likeness (QED) is 0.475. The number of hydrogen-bond acceptors (Lipinski definition) is 2. The first-order chi connectivity index (χ1) is 4.04. The molecular formula is C5H8F2N2. The molecule has 2 nitrogen and oxygen atoms in total. The molecule has 0 amide bonds. The second-order valence-corrected chi connectivity index (χ2v) is 2.20. The maximum Gasteiger partial charge on any atom is 0.213 e. The molecule has 4 heteroatoms. The molecular weight excluding hydrogens is 126 g/mol. The zero-order valence-corrected chi connectivity index (χ0v) is 4.82. The molecule has 0 bridgehead atoms. The third-order valence-electron chi connectivity index (χ3n) is 1.40. The molecule has 1 unspecified atom stereocenters. The Morgan fingerprint density at radius 2 is 2.11 bits per heavy atom. The molecule has 1 aliphatic rings. The van der Waals surface area contributed by atoms with Gasteiger partial charge >= 0.3 is 0 Å². The van der Waals surface area contributed by atoms with Gasteiger partial charge in [0.25, 0.3) is 0 Å². The van der Waals surface area contributed by atoms with Crippen LogP contribution in [0.1, 0.15) is 12.8 Å². The van der Waals surface area contributed by atoms with Crippen molar-refractivity contribution in [3.05, 3.63) is 11.5 Å². The van der Waals surface area contributed by atoms with E-state index in [1.807, 2.05) is 0 Å². The van der Waals surface area contributed by atoms with E-state index < -0.39 is 11.6 Å². The zero-order chi connectivity index (χ0) is 7.07. The van der Waals surface area contributed by atoms with Crippen molar-refractivity contribution in [2.75, 3.05) is 0 Å². The number of alkyl halides is 1. The Morgan fingerprint density at radius 3 is 2.22 bits per heavy atom. The Balaban J connectivity index is 2.88. The molecule has 0 saturated carbocycles. The fourth-order valence-corrected chi connectivity index (χ4v) is 0.803. The molecule has 0 aromatic heterocycles. The van der Waals surface area contributed by atoms with Crippen LogP contribution in [0, 0.1) is 0 Å². The first-order valence-electron chi connectivity index (χ1n) is 2.66. The minimum absolute atomic E-state index is 0.0370. The molecule has 1 atom stereocenters. The van der Waals surface area contributed by atoms with Crippen molar-refractivity contribution >= 4 is 0 Å². The molecule has 0 fully saturated rings. The number of rotatable bonds is 0.